The molecule has 4 rings (SSSR count). The summed E-state index contributed by atoms with van der Waals surface area (Å²) in [5.74, 6) is 0.586. The van der Waals surface area contributed by atoms with Gasteiger partial charge in [0, 0.05) is 37.3 Å². The molecule has 9 nitrogen and oxygen atoms in total. The quantitative estimate of drug-likeness (QED) is 0.351. The number of aromatic amines is 1. The van der Waals surface area contributed by atoms with Crippen LogP contribution in [0, 0.1) is 5.82 Å². The van der Waals surface area contributed by atoms with Crippen molar-refractivity contribution in [3.8, 4) is 22.9 Å². The van der Waals surface area contributed by atoms with E-state index in [1.54, 1.807) is 42.7 Å². The summed E-state index contributed by atoms with van der Waals surface area (Å²) in [5.41, 5.74) is 1.92. The van der Waals surface area contributed by atoms with Crippen molar-refractivity contribution in [3.05, 3.63) is 100.0 Å². The molecule has 0 fully saturated rings. The van der Waals surface area contributed by atoms with E-state index in [1.165, 1.54) is 19.2 Å². The van der Waals surface area contributed by atoms with Gasteiger partial charge in [-0.1, -0.05) is 12.1 Å². The van der Waals surface area contributed by atoms with E-state index in [2.05, 4.69) is 25.5 Å². The Kier molecular flexibility index (Phi) is 7.97. The Morgan fingerprint density at radius 1 is 1.03 bits per heavy atom. The summed E-state index contributed by atoms with van der Waals surface area (Å²) in [6, 6.07) is 14.8. The monoisotopic (exact) mass is 489 g/mol. The summed E-state index contributed by atoms with van der Waals surface area (Å²) in [4.78, 5) is 31.3. The highest BCUT2D eigenvalue weighted by Gasteiger charge is 2.13. The Morgan fingerprint density at radius 3 is 2.61 bits per heavy atom. The zero-order chi connectivity index (χ0) is 25.3. The molecule has 2 aromatic carbocycles. The minimum Gasteiger partial charge on any atom is -0.493 e. The van der Waals surface area contributed by atoms with Gasteiger partial charge in [-0.15, -0.1) is 10.2 Å². The SMILES string of the molecule is COc1cc(-c2nnc(CCC(=O)NCc3ccncc3)c(=O)[nH]2)ccc1OCc1cccc(F)c1. The third kappa shape index (κ3) is 6.50. The molecule has 0 aliphatic heterocycles. The second-order valence-electron chi connectivity index (χ2n) is 7.87. The molecule has 36 heavy (non-hydrogen) atoms. The van der Waals surface area contributed by atoms with Crippen molar-refractivity contribution >= 4 is 5.91 Å². The molecular weight excluding hydrogens is 465 g/mol. The molecule has 0 aliphatic rings. The lowest BCUT2D eigenvalue weighted by atomic mass is 10.2. The Bertz CT molecular complexity index is 1390. The van der Waals surface area contributed by atoms with Crippen LogP contribution in [0.15, 0.2) is 71.8 Å². The fraction of sp³-hybridized carbons (Fsp3) is 0.192. The normalized spacial score (nSPS) is 10.6. The highest BCUT2D eigenvalue weighted by molar-refractivity contribution is 5.76. The zero-order valence-corrected chi connectivity index (χ0v) is 19.5. The third-order valence-electron chi connectivity index (χ3n) is 5.31. The third-order valence-corrected chi connectivity index (χ3v) is 5.31. The number of ether oxygens (including phenoxy) is 2. The van der Waals surface area contributed by atoms with Crippen LogP contribution in [-0.4, -0.2) is 33.2 Å². The van der Waals surface area contributed by atoms with Crippen LogP contribution in [0.2, 0.25) is 0 Å². The number of methoxy groups -OCH3 is 1. The van der Waals surface area contributed by atoms with Crippen LogP contribution in [-0.2, 0) is 24.4 Å². The minimum absolute atomic E-state index is 0.105. The topological polar surface area (TPSA) is 119 Å². The van der Waals surface area contributed by atoms with E-state index < -0.39 is 5.56 Å². The van der Waals surface area contributed by atoms with Gasteiger partial charge in [0.15, 0.2) is 17.3 Å². The minimum atomic E-state index is -0.424. The van der Waals surface area contributed by atoms with Crippen molar-refractivity contribution in [2.75, 3.05) is 7.11 Å². The Morgan fingerprint density at radius 2 is 1.86 bits per heavy atom. The second kappa shape index (κ2) is 11.7. The van der Waals surface area contributed by atoms with Crippen LogP contribution in [0.3, 0.4) is 0 Å². The van der Waals surface area contributed by atoms with Gasteiger partial charge in [0.25, 0.3) is 5.56 Å². The first kappa shape index (κ1) is 24.5. The number of carbonyl (C=O) groups excluding carboxylic acids is 1. The number of H-pyrrole nitrogens is 1. The van der Waals surface area contributed by atoms with Gasteiger partial charge in [-0.2, -0.15) is 0 Å². The molecule has 0 aliphatic carbocycles. The van der Waals surface area contributed by atoms with Crippen molar-refractivity contribution in [2.45, 2.75) is 26.0 Å². The Labute approximate surface area is 206 Å². The molecule has 0 saturated carbocycles. The summed E-state index contributed by atoms with van der Waals surface area (Å²) >= 11 is 0. The maximum atomic E-state index is 13.4. The summed E-state index contributed by atoms with van der Waals surface area (Å²) in [6.45, 7) is 0.543. The summed E-state index contributed by atoms with van der Waals surface area (Å²) < 4.78 is 24.6. The van der Waals surface area contributed by atoms with E-state index in [0.29, 0.717) is 29.2 Å². The zero-order valence-electron chi connectivity index (χ0n) is 19.5. The van der Waals surface area contributed by atoms with Crippen molar-refractivity contribution in [2.24, 2.45) is 0 Å². The van der Waals surface area contributed by atoms with E-state index >= 15 is 0 Å². The number of halogens is 1. The second-order valence-corrected chi connectivity index (χ2v) is 7.87. The fourth-order valence-electron chi connectivity index (χ4n) is 3.40. The Balaban J connectivity index is 1.37. The van der Waals surface area contributed by atoms with Crippen molar-refractivity contribution < 1.29 is 18.7 Å². The number of carbonyl (C=O) groups is 1. The first-order chi connectivity index (χ1) is 17.5. The highest BCUT2D eigenvalue weighted by atomic mass is 19.1. The van der Waals surface area contributed by atoms with Gasteiger partial charge < -0.3 is 19.8 Å². The molecule has 0 radical (unpaired) electrons. The van der Waals surface area contributed by atoms with Crippen LogP contribution in [0.1, 0.15) is 23.2 Å². The number of rotatable bonds is 10. The van der Waals surface area contributed by atoms with Crippen molar-refractivity contribution in [3.63, 3.8) is 0 Å². The number of aryl methyl sites for hydroxylation is 1. The van der Waals surface area contributed by atoms with Gasteiger partial charge in [-0.25, -0.2) is 4.39 Å². The first-order valence-corrected chi connectivity index (χ1v) is 11.2. The number of hydrogen-bond acceptors (Lipinski definition) is 7. The average Bonchev–Trinajstić information content (AvgIpc) is 2.90. The highest BCUT2D eigenvalue weighted by Crippen LogP contribution is 2.31. The number of nitrogens with zero attached hydrogens (tertiary/aromatic N) is 3. The first-order valence-electron chi connectivity index (χ1n) is 11.2. The number of amides is 1. The van der Waals surface area contributed by atoms with Crippen LogP contribution in [0.4, 0.5) is 4.39 Å². The summed E-state index contributed by atoms with van der Waals surface area (Å²) in [5, 5.41) is 10.9. The molecule has 0 spiro atoms. The molecule has 4 aromatic rings. The van der Waals surface area contributed by atoms with E-state index in [-0.39, 0.29) is 42.7 Å². The summed E-state index contributed by atoms with van der Waals surface area (Å²) in [6.07, 6.45) is 3.57. The molecule has 0 saturated heterocycles. The molecule has 10 heteroatoms. The molecular formula is C26H24FN5O4. The van der Waals surface area contributed by atoms with Gasteiger partial charge in [-0.3, -0.25) is 14.6 Å². The lowest BCUT2D eigenvalue weighted by Gasteiger charge is -2.12. The van der Waals surface area contributed by atoms with Gasteiger partial charge in [0.05, 0.1) is 7.11 Å². The van der Waals surface area contributed by atoms with Crippen LogP contribution in [0.5, 0.6) is 11.5 Å². The number of pyridine rings is 1. The maximum absolute atomic E-state index is 13.4. The van der Waals surface area contributed by atoms with Gasteiger partial charge in [0.1, 0.15) is 18.1 Å². The summed E-state index contributed by atoms with van der Waals surface area (Å²) in [7, 11) is 1.49. The van der Waals surface area contributed by atoms with Crippen LogP contribution < -0.4 is 20.3 Å². The molecule has 0 atom stereocenters. The van der Waals surface area contributed by atoms with E-state index in [9.17, 15) is 14.0 Å². The molecule has 1 amide bonds. The van der Waals surface area contributed by atoms with Crippen LogP contribution in [0.25, 0.3) is 11.4 Å². The van der Waals surface area contributed by atoms with Crippen LogP contribution >= 0.6 is 0 Å². The van der Waals surface area contributed by atoms with E-state index in [4.69, 9.17) is 9.47 Å². The lowest BCUT2D eigenvalue weighted by Crippen LogP contribution is -2.25. The molecule has 2 aromatic heterocycles. The molecule has 2 N–H and O–H groups in total. The van der Waals surface area contributed by atoms with Gasteiger partial charge >= 0.3 is 0 Å². The maximum Gasteiger partial charge on any atom is 0.273 e. The molecule has 2 heterocycles. The lowest BCUT2D eigenvalue weighted by molar-refractivity contribution is -0.121. The van der Waals surface area contributed by atoms with Crippen molar-refractivity contribution in [1.29, 1.82) is 0 Å². The standard InChI is InChI=1S/C26H24FN5O4/c1-35-23-14-19(5-7-22(23)36-16-18-3-2-4-20(27)13-18)25-30-26(34)21(31-32-25)6-8-24(33)29-15-17-9-11-28-12-10-17/h2-5,7,9-14H,6,8,15-16H2,1H3,(H,29,33)(H,30,32,34). The largest absolute Gasteiger partial charge is 0.493 e. The Hall–Kier alpha value is -4.60. The molecule has 0 bridgehead atoms. The number of hydrogen-bond donors (Lipinski definition) is 2. The van der Waals surface area contributed by atoms with Crippen molar-refractivity contribution in [1.82, 2.24) is 25.5 Å². The van der Waals surface area contributed by atoms with Gasteiger partial charge in [-0.05, 0) is 53.6 Å². The smallest absolute Gasteiger partial charge is 0.273 e. The molecule has 184 valence electrons. The van der Waals surface area contributed by atoms with Gasteiger partial charge in [0.2, 0.25) is 5.91 Å². The average molecular weight is 490 g/mol. The fourth-order valence-corrected chi connectivity index (χ4v) is 3.40. The van der Waals surface area contributed by atoms with E-state index in [1.807, 2.05) is 12.1 Å². The number of aromatic nitrogens is 4. The molecule has 0 unspecified atom stereocenters. The predicted molar refractivity (Wildman–Crippen MR) is 130 cm³/mol. The number of nitrogens with one attached hydrogen (secondary N) is 2. The van der Waals surface area contributed by atoms with E-state index in [0.717, 1.165) is 5.56 Å². The predicted octanol–water partition coefficient (Wildman–Crippen LogP) is 3.20. The number of benzene rings is 2.